The number of aromatic nitrogens is 1. The number of hydrogen-bond acceptors (Lipinski definition) is 2. The van der Waals surface area contributed by atoms with Crippen molar-refractivity contribution in [1.29, 1.82) is 0 Å². The molecule has 0 amide bonds. The predicted molar refractivity (Wildman–Crippen MR) is 66.3 cm³/mol. The van der Waals surface area contributed by atoms with E-state index in [0.29, 0.717) is 5.02 Å². The van der Waals surface area contributed by atoms with Gasteiger partial charge in [0.05, 0.1) is 4.90 Å². The van der Waals surface area contributed by atoms with Gasteiger partial charge < -0.3 is 4.98 Å². The Bertz CT molecular complexity index is 576. The van der Waals surface area contributed by atoms with E-state index in [0.717, 1.165) is 5.56 Å². The molecule has 1 heterocycles. The second kappa shape index (κ2) is 4.91. The molecule has 0 atom stereocenters. The fourth-order valence-corrected chi connectivity index (χ4v) is 2.49. The van der Waals surface area contributed by atoms with Crippen LogP contribution in [-0.4, -0.2) is 13.4 Å². The van der Waals surface area contributed by atoms with Gasteiger partial charge in [0.25, 0.3) is 0 Å². The molecule has 0 saturated heterocycles. The molecule has 0 aliphatic rings. The smallest absolute Gasteiger partial charge is 0.240 e. The fraction of sp³-hybridized carbons (Fsp3) is 0.0909. The van der Waals surface area contributed by atoms with Crippen LogP contribution >= 0.6 is 11.6 Å². The van der Waals surface area contributed by atoms with Crippen molar-refractivity contribution in [3.63, 3.8) is 0 Å². The molecule has 4 nitrogen and oxygen atoms in total. The minimum atomic E-state index is -3.48. The molecule has 6 heteroatoms. The molecule has 2 rings (SSSR count). The topological polar surface area (TPSA) is 62.0 Å². The number of benzene rings is 1. The maximum absolute atomic E-state index is 11.9. The summed E-state index contributed by atoms with van der Waals surface area (Å²) in [6, 6.07) is 7.85. The van der Waals surface area contributed by atoms with Crippen molar-refractivity contribution in [2.45, 2.75) is 11.4 Å². The molecule has 0 bridgehead atoms. The van der Waals surface area contributed by atoms with Crippen molar-refractivity contribution in [3.05, 3.63) is 53.3 Å². The zero-order valence-electron chi connectivity index (χ0n) is 8.85. The summed E-state index contributed by atoms with van der Waals surface area (Å²) in [6.07, 6.45) is 3.48. The first-order valence-electron chi connectivity index (χ1n) is 4.95. The molecule has 2 aromatic rings. The first-order valence-corrected chi connectivity index (χ1v) is 6.81. The van der Waals surface area contributed by atoms with Crippen LogP contribution in [0.15, 0.2) is 47.6 Å². The lowest BCUT2D eigenvalue weighted by molar-refractivity contribution is 0.581. The van der Waals surface area contributed by atoms with Crippen LogP contribution in [0.5, 0.6) is 0 Å². The third-order valence-corrected chi connectivity index (χ3v) is 3.92. The number of aromatic amines is 1. The van der Waals surface area contributed by atoms with Crippen LogP contribution in [0.25, 0.3) is 0 Å². The Morgan fingerprint density at radius 1 is 1.18 bits per heavy atom. The van der Waals surface area contributed by atoms with Crippen molar-refractivity contribution < 1.29 is 8.42 Å². The predicted octanol–water partition coefficient (Wildman–Crippen LogP) is 2.15. The van der Waals surface area contributed by atoms with Crippen LogP contribution in [0.4, 0.5) is 0 Å². The Hall–Kier alpha value is -1.30. The Morgan fingerprint density at radius 3 is 2.47 bits per heavy atom. The highest BCUT2D eigenvalue weighted by atomic mass is 35.5. The van der Waals surface area contributed by atoms with E-state index in [1.165, 1.54) is 12.1 Å². The lowest BCUT2D eigenvalue weighted by Crippen LogP contribution is -2.22. The van der Waals surface area contributed by atoms with Crippen molar-refractivity contribution >= 4 is 21.6 Å². The van der Waals surface area contributed by atoms with E-state index >= 15 is 0 Å². The van der Waals surface area contributed by atoms with Crippen LogP contribution in [0.2, 0.25) is 5.02 Å². The van der Waals surface area contributed by atoms with Gasteiger partial charge in [-0.1, -0.05) is 11.6 Å². The summed E-state index contributed by atoms with van der Waals surface area (Å²) in [5.41, 5.74) is 0.877. The minimum Gasteiger partial charge on any atom is -0.367 e. The van der Waals surface area contributed by atoms with Crippen LogP contribution in [-0.2, 0) is 16.6 Å². The lowest BCUT2D eigenvalue weighted by Gasteiger charge is -2.05. The second-order valence-electron chi connectivity index (χ2n) is 3.50. The summed E-state index contributed by atoms with van der Waals surface area (Å²) in [5, 5.41) is 0.509. The number of halogens is 1. The third-order valence-electron chi connectivity index (χ3n) is 2.25. The van der Waals surface area contributed by atoms with E-state index in [2.05, 4.69) is 9.71 Å². The standard InChI is InChI=1S/C11H11ClN2O2S/c12-10-1-3-11(4-2-10)17(15,16)14-8-9-5-6-13-7-9/h1-7,13-14H,8H2. The molecule has 1 aromatic heterocycles. The van der Waals surface area contributed by atoms with Crippen LogP contribution < -0.4 is 4.72 Å². The summed E-state index contributed by atoms with van der Waals surface area (Å²) in [7, 11) is -3.48. The van der Waals surface area contributed by atoms with Gasteiger partial charge in [-0.15, -0.1) is 0 Å². The first kappa shape index (κ1) is 12.2. The van der Waals surface area contributed by atoms with Crippen LogP contribution in [0.1, 0.15) is 5.56 Å². The van der Waals surface area contributed by atoms with Crippen LogP contribution in [0, 0.1) is 0 Å². The van der Waals surface area contributed by atoms with Crippen LogP contribution in [0.3, 0.4) is 0 Å². The summed E-state index contributed by atoms with van der Waals surface area (Å²) in [5.74, 6) is 0. The molecule has 0 radical (unpaired) electrons. The molecule has 0 spiro atoms. The van der Waals surface area contributed by atoms with Gasteiger partial charge in [-0.25, -0.2) is 13.1 Å². The summed E-state index contributed by atoms with van der Waals surface area (Å²) in [4.78, 5) is 3.07. The Kier molecular flexibility index (Phi) is 3.51. The largest absolute Gasteiger partial charge is 0.367 e. The highest BCUT2D eigenvalue weighted by Gasteiger charge is 2.13. The first-order chi connectivity index (χ1) is 8.08. The molecule has 0 aliphatic heterocycles. The van der Waals surface area contributed by atoms with Crippen molar-refractivity contribution in [3.8, 4) is 0 Å². The minimum absolute atomic E-state index is 0.206. The van der Waals surface area contributed by atoms with Gasteiger partial charge >= 0.3 is 0 Å². The average molecular weight is 271 g/mol. The summed E-state index contributed by atoms with van der Waals surface area (Å²) >= 11 is 5.70. The lowest BCUT2D eigenvalue weighted by atomic mass is 10.4. The third kappa shape index (κ3) is 3.09. The molecule has 17 heavy (non-hydrogen) atoms. The number of nitrogens with one attached hydrogen (secondary N) is 2. The van der Waals surface area contributed by atoms with E-state index in [9.17, 15) is 8.42 Å². The molecule has 1 aromatic carbocycles. The molecule has 0 fully saturated rings. The Balaban J connectivity index is 2.11. The van der Waals surface area contributed by atoms with Gasteiger partial charge in [0, 0.05) is 24.0 Å². The quantitative estimate of drug-likeness (QED) is 0.894. The van der Waals surface area contributed by atoms with E-state index in [4.69, 9.17) is 11.6 Å². The van der Waals surface area contributed by atoms with Crippen molar-refractivity contribution in [2.24, 2.45) is 0 Å². The van der Waals surface area contributed by atoms with E-state index < -0.39 is 10.0 Å². The van der Waals surface area contributed by atoms with E-state index in [-0.39, 0.29) is 11.4 Å². The van der Waals surface area contributed by atoms with E-state index in [1.54, 1.807) is 24.5 Å². The molecule has 2 N–H and O–H groups in total. The number of hydrogen-bond donors (Lipinski definition) is 2. The van der Waals surface area contributed by atoms with Gasteiger partial charge in [0.1, 0.15) is 0 Å². The summed E-state index contributed by atoms with van der Waals surface area (Å²) in [6.45, 7) is 0.258. The van der Waals surface area contributed by atoms with Gasteiger partial charge in [0.15, 0.2) is 0 Å². The highest BCUT2D eigenvalue weighted by molar-refractivity contribution is 7.89. The van der Waals surface area contributed by atoms with Gasteiger partial charge in [0.2, 0.25) is 10.0 Å². The molecule has 0 saturated carbocycles. The molecular weight excluding hydrogens is 260 g/mol. The number of rotatable bonds is 4. The second-order valence-corrected chi connectivity index (χ2v) is 5.70. The highest BCUT2D eigenvalue weighted by Crippen LogP contribution is 2.14. The zero-order chi connectivity index (χ0) is 12.3. The number of sulfonamides is 1. The van der Waals surface area contributed by atoms with Gasteiger partial charge in [-0.2, -0.15) is 0 Å². The monoisotopic (exact) mass is 270 g/mol. The molecular formula is C11H11ClN2O2S. The van der Waals surface area contributed by atoms with E-state index in [1.807, 2.05) is 6.07 Å². The Morgan fingerprint density at radius 2 is 1.88 bits per heavy atom. The normalized spacial score (nSPS) is 11.6. The molecule has 90 valence electrons. The maximum atomic E-state index is 11.9. The van der Waals surface area contributed by atoms with Gasteiger partial charge in [-0.3, -0.25) is 0 Å². The van der Waals surface area contributed by atoms with Gasteiger partial charge in [-0.05, 0) is 35.9 Å². The molecule has 0 unspecified atom stereocenters. The zero-order valence-corrected chi connectivity index (χ0v) is 10.4. The molecule has 0 aliphatic carbocycles. The Labute approximate surface area is 105 Å². The summed E-state index contributed by atoms with van der Waals surface area (Å²) < 4.78 is 26.3. The fourth-order valence-electron chi connectivity index (χ4n) is 1.34. The van der Waals surface area contributed by atoms with Crippen molar-refractivity contribution in [2.75, 3.05) is 0 Å². The SMILES string of the molecule is O=S(=O)(NCc1cc[nH]c1)c1ccc(Cl)cc1. The average Bonchev–Trinajstić information content (AvgIpc) is 2.80. The van der Waals surface area contributed by atoms with Crippen molar-refractivity contribution in [1.82, 2.24) is 9.71 Å². The number of H-pyrrole nitrogens is 1. The maximum Gasteiger partial charge on any atom is 0.240 e.